The summed E-state index contributed by atoms with van der Waals surface area (Å²) in [5.74, 6) is -9.95. The minimum absolute atomic E-state index is 0.0123. The van der Waals surface area contributed by atoms with Gasteiger partial charge in [0.15, 0.2) is 13.2 Å². The number of alkyl halides is 11. The quantitative estimate of drug-likeness (QED) is 0.0197. The molecule has 0 heterocycles. The fourth-order valence-electron chi connectivity index (χ4n) is 11.8. The number of hydrogen-bond donors (Lipinski definition) is 4. The molecule has 0 bridgehead atoms. The number of carboxylic acid groups (broad SMARTS) is 4. The standard InChI is InChI=1S/C27H37F3O3.C25H32F4O3.C25H33F3O3.C24H30F4O3/c1-9-26(5,6)19-14-20(18(4)22(28)12-11-17(3)13-24(31)32)25(33-16-23(29)30)21(15-19)27(7,8)10-2;1-15(11-21(30)31)9-10-20(26)16(2)18-12-17(23(3,4)5)13-19(24(6,7)8)22(18)32-14-25(27,28)29;1-15(11-22(29)30)9-10-20(26)16(2)18-12-17(24(3,4)5)13-19(25(6,7)8)23(18)31-14-21(27)28;1-14(2)18-11-19(15(3)4)22(31-13-24(27,28)23(25)26)20(12-18)17(6)9-7-8-16(5)10-21(29)30/h11-15,23H,9-10,16H2,1-8H3,(H,31,32);9-13H,14H2,1-8H3,(H,30,31);9-13,21H,14H2,1-8H3,(H,29,30);7-12,14-15,23H,13H2,1-6H3,(H,29,30)/b12-11+,17-13+,22-18+;2*10-9+,15-11+,20-16+;8-7+,16-10+,17-9-. The molecule has 127 heavy (non-hydrogen) atoms. The average Bonchev–Trinajstić information content (AvgIpc) is 0.775. The van der Waals surface area contributed by atoms with E-state index >= 15 is 13.2 Å². The van der Waals surface area contributed by atoms with Crippen LogP contribution in [-0.4, -0.2) is 102 Å². The smallest absolute Gasteiger partial charge is 0.422 e. The van der Waals surface area contributed by atoms with Crippen LogP contribution in [-0.2, 0) is 51.7 Å². The molecular formula is C101H132F14O12. The highest BCUT2D eigenvalue weighted by molar-refractivity contribution is 5.84. The largest absolute Gasteiger partial charge is 0.487 e. The van der Waals surface area contributed by atoms with Gasteiger partial charge < -0.3 is 39.4 Å². The Morgan fingerprint density at radius 3 is 1.00 bits per heavy atom. The highest BCUT2D eigenvalue weighted by Gasteiger charge is 2.43. The molecule has 0 amide bonds. The summed E-state index contributed by atoms with van der Waals surface area (Å²) < 4.78 is 210. The van der Waals surface area contributed by atoms with E-state index in [2.05, 4.69) is 20.8 Å². The Morgan fingerprint density at radius 2 is 0.701 bits per heavy atom. The first kappa shape index (κ1) is 115. The minimum Gasteiger partial charge on any atom is -0.487 e. The van der Waals surface area contributed by atoms with Crippen molar-refractivity contribution in [2.24, 2.45) is 0 Å². The van der Waals surface area contributed by atoms with Crippen LogP contribution in [0.4, 0.5) is 61.5 Å². The van der Waals surface area contributed by atoms with E-state index in [4.69, 9.17) is 39.4 Å². The molecule has 0 atom stereocenters. The van der Waals surface area contributed by atoms with Gasteiger partial charge in [-0.1, -0.05) is 213 Å². The van der Waals surface area contributed by atoms with Crippen molar-refractivity contribution in [1.29, 1.82) is 0 Å². The van der Waals surface area contributed by atoms with Gasteiger partial charge in [0.1, 0.15) is 53.7 Å². The lowest BCUT2D eigenvalue weighted by Crippen LogP contribution is -2.34. The van der Waals surface area contributed by atoms with Crippen molar-refractivity contribution in [3.8, 4) is 23.0 Å². The van der Waals surface area contributed by atoms with Crippen molar-refractivity contribution in [3.63, 3.8) is 0 Å². The summed E-state index contributed by atoms with van der Waals surface area (Å²) in [6, 6.07) is 14.7. The maximum absolute atomic E-state index is 15.2. The van der Waals surface area contributed by atoms with Crippen LogP contribution in [0.15, 0.2) is 167 Å². The number of allylic oxidation sites excluding steroid dienone is 20. The Hall–Kier alpha value is -10.1. The van der Waals surface area contributed by atoms with Crippen molar-refractivity contribution in [2.45, 2.75) is 296 Å². The maximum Gasteiger partial charge on any atom is 0.422 e. The Bertz CT molecular complexity index is 4840. The lowest BCUT2D eigenvalue weighted by molar-refractivity contribution is -0.153. The molecule has 0 aliphatic carbocycles. The Morgan fingerprint density at radius 1 is 0.378 bits per heavy atom. The first-order valence-electron chi connectivity index (χ1n) is 41.5. The first-order valence-corrected chi connectivity index (χ1v) is 41.5. The van der Waals surface area contributed by atoms with E-state index in [-0.39, 0.29) is 78.8 Å². The zero-order valence-corrected chi connectivity index (χ0v) is 79.1. The molecule has 4 aromatic carbocycles. The lowest BCUT2D eigenvalue weighted by atomic mass is 9.74. The molecule has 0 aliphatic heterocycles. The van der Waals surface area contributed by atoms with Gasteiger partial charge in [0, 0.05) is 63.2 Å². The fraction of sp³-hybridized carbons (Fsp3) is 0.485. The molecule has 4 rings (SSSR count). The molecule has 0 saturated heterocycles. The van der Waals surface area contributed by atoms with Crippen molar-refractivity contribution in [3.05, 3.63) is 234 Å². The number of hydrogen-bond acceptors (Lipinski definition) is 8. The second-order valence-electron chi connectivity index (χ2n) is 37.2. The molecule has 706 valence electrons. The van der Waals surface area contributed by atoms with Crippen LogP contribution in [0.3, 0.4) is 0 Å². The van der Waals surface area contributed by atoms with E-state index in [0.717, 1.165) is 71.0 Å². The van der Waals surface area contributed by atoms with Crippen LogP contribution >= 0.6 is 0 Å². The Balaban J connectivity index is 0.000000847. The lowest BCUT2D eigenvalue weighted by Gasteiger charge is -2.32. The summed E-state index contributed by atoms with van der Waals surface area (Å²) >= 11 is 0. The molecule has 0 unspecified atom stereocenters. The number of rotatable bonds is 34. The van der Waals surface area contributed by atoms with E-state index in [9.17, 15) is 67.5 Å². The summed E-state index contributed by atoms with van der Waals surface area (Å²) in [7, 11) is 0. The van der Waals surface area contributed by atoms with Gasteiger partial charge in [-0.2, -0.15) is 22.0 Å². The van der Waals surface area contributed by atoms with Crippen molar-refractivity contribution >= 4 is 46.2 Å². The summed E-state index contributed by atoms with van der Waals surface area (Å²) in [4.78, 5) is 43.0. The monoisotopic (exact) mass is 1800 g/mol. The zero-order valence-electron chi connectivity index (χ0n) is 79.1. The van der Waals surface area contributed by atoms with Gasteiger partial charge in [-0.05, 0) is 227 Å². The molecule has 0 spiro atoms. The molecular weight excluding hydrogens is 1670 g/mol. The van der Waals surface area contributed by atoms with Gasteiger partial charge in [0.05, 0.1) is 0 Å². The zero-order chi connectivity index (χ0) is 98.7. The molecule has 0 saturated carbocycles. The van der Waals surface area contributed by atoms with Crippen LogP contribution in [0.5, 0.6) is 23.0 Å². The highest BCUT2D eigenvalue weighted by atomic mass is 19.4. The van der Waals surface area contributed by atoms with Crippen LogP contribution in [0.2, 0.25) is 0 Å². The van der Waals surface area contributed by atoms with Gasteiger partial charge in [0.2, 0.25) is 0 Å². The minimum atomic E-state index is -4.55. The summed E-state index contributed by atoms with van der Waals surface area (Å²) in [5.41, 5.74) is 8.53. The Kier molecular flexibility index (Phi) is 44.2. The number of carbonyl (C=O) groups is 4. The summed E-state index contributed by atoms with van der Waals surface area (Å²) in [6.45, 7) is 51.4. The first-order chi connectivity index (χ1) is 57.8. The highest BCUT2D eigenvalue weighted by Crippen LogP contribution is 2.48. The SMILES string of the molecule is C/C(=C/C=C/C(C)=C/C(=O)O)c1cc(C(C)C)cc(C(C)C)c1OCC(F)(F)C(F)F.CC(/C=C/C(F)=C(/C)c1cc(C(C)(C)C)cc(C(C)(C)C)c1OCC(F)(F)F)=C\C(=O)O.CC(/C=C/C(F)=C(/C)c1cc(C(C)(C)C)cc(C(C)(C)C)c1OCC(F)F)=C\C(=O)O.CCC(C)(C)c1cc(\C(C)=C(F)/C=C/C(C)=C/C(=O)O)c(OCC(F)F)c(C(C)(C)CC)c1. The number of ether oxygens (including phenoxy) is 4. The van der Waals surface area contributed by atoms with E-state index in [1.54, 1.807) is 71.9 Å². The second kappa shape index (κ2) is 48.9. The van der Waals surface area contributed by atoms with Crippen LogP contribution in [0.1, 0.15) is 299 Å². The van der Waals surface area contributed by atoms with Gasteiger partial charge >= 0.3 is 42.4 Å². The predicted octanol–water partition coefficient (Wildman–Crippen LogP) is 29.9. The number of halogens is 14. The fourth-order valence-corrected chi connectivity index (χ4v) is 11.8. The van der Waals surface area contributed by atoms with Crippen molar-refractivity contribution in [1.82, 2.24) is 0 Å². The van der Waals surface area contributed by atoms with Crippen molar-refractivity contribution in [2.75, 3.05) is 26.4 Å². The van der Waals surface area contributed by atoms with Crippen LogP contribution in [0.25, 0.3) is 22.3 Å². The van der Waals surface area contributed by atoms with Gasteiger partial charge in [-0.15, -0.1) is 0 Å². The number of aliphatic carboxylic acids is 4. The van der Waals surface area contributed by atoms with E-state index in [1.165, 1.54) is 44.2 Å². The molecule has 0 radical (unpaired) electrons. The van der Waals surface area contributed by atoms with Gasteiger partial charge in [0.25, 0.3) is 12.9 Å². The summed E-state index contributed by atoms with van der Waals surface area (Å²) in [6.07, 6.45) is 4.17. The van der Waals surface area contributed by atoms with E-state index in [1.807, 2.05) is 168 Å². The number of carboxylic acids is 4. The topological polar surface area (TPSA) is 186 Å². The number of benzene rings is 4. The molecule has 0 fully saturated rings. The van der Waals surface area contributed by atoms with Crippen LogP contribution < -0.4 is 18.9 Å². The van der Waals surface area contributed by atoms with E-state index in [0.29, 0.717) is 61.2 Å². The van der Waals surface area contributed by atoms with E-state index < -0.39 is 110 Å². The molecule has 12 nitrogen and oxygen atoms in total. The van der Waals surface area contributed by atoms with Gasteiger partial charge in [-0.3, -0.25) is 0 Å². The summed E-state index contributed by atoms with van der Waals surface area (Å²) in [5, 5.41) is 35.2. The Labute approximate surface area is 742 Å². The molecule has 4 N–H and O–H groups in total. The van der Waals surface area contributed by atoms with Crippen molar-refractivity contribution < 1.29 is 120 Å². The maximum atomic E-state index is 15.2. The molecule has 26 heteroatoms. The molecule has 0 aromatic heterocycles. The molecule has 0 aliphatic rings. The molecule has 4 aromatic rings. The second-order valence-corrected chi connectivity index (χ2v) is 37.2. The third-order valence-corrected chi connectivity index (χ3v) is 20.4. The van der Waals surface area contributed by atoms with Crippen LogP contribution in [0, 0.1) is 0 Å². The normalized spacial score (nSPS) is 14.2. The third kappa shape index (κ3) is 38.8. The third-order valence-electron chi connectivity index (χ3n) is 20.4. The predicted molar refractivity (Wildman–Crippen MR) is 483 cm³/mol. The average molecular weight is 1800 g/mol. The van der Waals surface area contributed by atoms with Gasteiger partial charge in [-0.25, -0.2) is 58.7 Å².